The number of hydrogen-bond donors (Lipinski definition) is 4. The Hall–Kier alpha value is -6.46. The lowest BCUT2D eigenvalue weighted by Gasteiger charge is -2.40. The fourth-order valence-corrected chi connectivity index (χ4v) is 10.6. The van der Waals surface area contributed by atoms with E-state index in [1.54, 1.807) is 74.5 Å². The molecule has 0 aromatic heterocycles. The molecule has 11 amide bonds. The van der Waals surface area contributed by atoms with Gasteiger partial charge in [0.1, 0.15) is 54.4 Å². The van der Waals surface area contributed by atoms with Gasteiger partial charge in [-0.1, -0.05) is 95.2 Å². The third kappa shape index (κ3) is 22.0. The smallest absolute Gasteiger partial charge is 0.251 e. The van der Waals surface area contributed by atoms with Crippen molar-refractivity contribution in [3.05, 3.63) is 12.2 Å². The zero-order valence-electron chi connectivity index (χ0n) is 57.3. The van der Waals surface area contributed by atoms with Gasteiger partial charge in [0.15, 0.2) is 11.8 Å². The van der Waals surface area contributed by atoms with Gasteiger partial charge in [-0.15, -0.1) is 0 Å². The minimum Gasteiger partial charge on any atom is -0.379 e. The van der Waals surface area contributed by atoms with Gasteiger partial charge in [-0.3, -0.25) is 57.5 Å². The molecule has 1 rings (SSSR count). The van der Waals surface area contributed by atoms with Gasteiger partial charge >= 0.3 is 0 Å². The van der Waals surface area contributed by atoms with Gasteiger partial charge in [-0.05, 0) is 96.3 Å². The molecule has 0 aromatic rings. The van der Waals surface area contributed by atoms with Gasteiger partial charge in [-0.25, -0.2) is 0 Å². The van der Waals surface area contributed by atoms with Gasteiger partial charge in [0, 0.05) is 68.8 Å². The minimum atomic E-state index is -1.82. The number of methoxy groups -OCH3 is 1. The molecule has 87 heavy (non-hydrogen) atoms. The Bertz CT molecular complexity index is 2450. The van der Waals surface area contributed by atoms with E-state index in [1.165, 1.54) is 89.9 Å². The molecular weight excluding hydrogens is 1120 g/mol. The van der Waals surface area contributed by atoms with Crippen LogP contribution in [0, 0.1) is 35.5 Å². The fourth-order valence-electron chi connectivity index (χ4n) is 10.6. The number of nitrogens with one attached hydrogen (secondary N) is 4. The summed E-state index contributed by atoms with van der Waals surface area (Å²) in [5, 5.41) is 10.9. The highest BCUT2D eigenvalue weighted by Crippen LogP contribution is 2.25. The third-order valence-corrected chi connectivity index (χ3v) is 16.4. The number of hydrogen-bond acceptors (Lipinski definition) is 13. The van der Waals surface area contributed by atoms with Gasteiger partial charge in [-0.2, -0.15) is 0 Å². The maximum Gasteiger partial charge on any atom is 0.251 e. The largest absolute Gasteiger partial charge is 0.379 e. The first-order chi connectivity index (χ1) is 40.1. The Labute approximate surface area is 519 Å². The van der Waals surface area contributed by atoms with Crippen molar-refractivity contribution in [1.29, 1.82) is 0 Å². The summed E-state index contributed by atoms with van der Waals surface area (Å²) in [6.45, 7) is 28.6. The van der Waals surface area contributed by atoms with Gasteiger partial charge in [0.05, 0.1) is 12.1 Å². The molecule has 0 radical (unpaired) electrons. The highest BCUT2D eigenvalue weighted by molar-refractivity contribution is 6.10. The van der Waals surface area contributed by atoms with Crippen molar-refractivity contribution in [3.63, 3.8) is 0 Å². The minimum absolute atomic E-state index is 0.0260. The van der Waals surface area contributed by atoms with E-state index < -0.39 is 161 Å². The number of ketones is 1. The van der Waals surface area contributed by atoms with E-state index in [9.17, 15) is 47.9 Å². The van der Waals surface area contributed by atoms with Crippen LogP contribution in [0.25, 0.3) is 0 Å². The lowest BCUT2D eigenvalue weighted by atomic mass is 9.92. The molecule has 0 bridgehead atoms. The Morgan fingerprint density at radius 3 is 1.46 bits per heavy atom. The lowest BCUT2D eigenvalue weighted by molar-refractivity contribution is -0.157. The molecule has 0 aromatic carbocycles. The van der Waals surface area contributed by atoms with Crippen LogP contribution in [0.2, 0.25) is 0 Å². The monoisotopic (exact) mass is 1230 g/mol. The topological polar surface area (TPSA) is 285 Å². The molecule has 496 valence electrons. The van der Waals surface area contributed by atoms with Crippen LogP contribution in [0.15, 0.2) is 12.2 Å². The summed E-state index contributed by atoms with van der Waals surface area (Å²) in [7, 11) is 11.1. The van der Waals surface area contributed by atoms with E-state index in [-0.39, 0.29) is 56.3 Å². The molecule has 0 aliphatic carbocycles. The number of ether oxygens (including phenoxy) is 1. The Morgan fingerprint density at radius 1 is 0.540 bits per heavy atom. The van der Waals surface area contributed by atoms with Crippen molar-refractivity contribution in [3.8, 4) is 0 Å². The Kier molecular flexibility index (Phi) is 31.5. The van der Waals surface area contributed by atoms with Crippen molar-refractivity contribution >= 4 is 70.8 Å². The molecule has 24 nitrogen and oxygen atoms in total. The molecule has 0 saturated carbocycles. The van der Waals surface area contributed by atoms with Gasteiger partial charge in [0.25, 0.3) is 5.91 Å². The molecule has 24 heteroatoms. The third-order valence-electron chi connectivity index (χ3n) is 16.4. The van der Waals surface area contributed by atoms with E-state index in [0.29, 0.717) is 0 Å². The van der Waals surface area contributed by atoms with Crippen LogP contribution in [0.1, 0.15) is 156 Å². The van der Waals surface area contributed by atoms with Crippen LogP contribution in [0.3, 0.4) is 0 Å². The van der Waals surface area contributed by atoms with Crippen LogP contribution < -0.4 is 21.3 Å². The average molecular weight is 1230 g/mol. The molecule has 0 spiro atoms. The first-order valence-electron chi connectivity index (χ1n) is 30.8. The van der Waals surface area contributed by atoms with Crippen LogP contribution in [-0.4, -0.2) is 234 Å². The van der Waals surface area contributed by atoms with Crippen LogP contribution in [0.5, 0.6) is 0 Å². The number of Topliss-reactive ketones (excluding diaryl/α,β-unsaturated/α-hetero) is 1. The van der Waals surface area contributed by atoms with Crippen molar-refractivity contribution in [2.75, 3.05) is 63.0 Å². The summed E-state index contributed by atoms with van der Waals surface area (Å²) in [6.07, 6.45) is 3.98. The number of carbonyl (C=O) groups is 12. The van der Waals surface area contributed by atoms with Crippen molar-refractivity contribution in [1.82, 2.24) is 55.6 Å². The van der Waals surface area contributed by atoms with E-state index >= 15 is 9.59 Å². The van der Waals surface area contributed by atoms with Crippen LogP contribution in [0.4, 0.5) is 0 Å². The number of allylic oxidation sites excluding steroid dienone is 2. The quantitative estimate of drug-likeness (QED) is 0.128. The average Bonchev–Trinajstić information content (AvgIpc) is 1.91. The molecule has 1 heterocycles. The van der Waals surface area contributed by atoms with Crippen molar-refractivity contribution < 1.29 is 62.3 Å². The van der Waals surface area contributed by atoms with E-state index in [2.05, 4.69) is 21.3 Å². The van der Waals surface area contributed by atoms with Gasteiger partial charge < -0.3 is 60.3 Å². The summed E-state index contributed by atoms with van der Waals surface area (Å²) >= 11 is 0. The number of likely N-dealkylation sites (N-methyl/N-ethyl adjacent to an activating group) is 7. The molecule has 1 fully saturated rings. The summed E-state index contributed by atoms with van der Waals surface area (Å²) in [5.74, 6) is -11.1. The van der Waals surface area contributed by atoms with Crippen LogP contribution in [-0.2, 0) is 62.3 Å². The van der Waals surface area contributed by atoms with Gasteiger partial charge in [0.2, 0.25) is 59.1 Å². The maximum absolute atomic E-state index is 15.1. The summed E-state index contributed by atoms with van der Waals surface area (Å²) in [4.78, 5) is 183. The lowest BCUT2D eigenvalue weighted by Crippen LogP contribution is -2.63. The number of nitrogens with zero attached hydrogens (tertiary/aromatic N) is 7. The normalized spacial score (nSPS) is 26.3. The second kappa shape index (κ2) is 34.9. The number of rotatable bonds is 16. The predicted octanol–water partition coefficient (Wildman–Crippen LogP) is 3.25. The maximum atomic E-state index is 15.1. The summed E-state index contributed by atoms with van der Waals surface area (Å²) in [6, 6.07) is -13.0. The fraction of sp³-hybridized carbons (Fsp3) is 0.778. The predicted molar refractivity (Wildman–Crippen MR) is 334 cm³/mol. The molecule has 1 saturated heterocycles. The van der Waals surface area contributed by atoms with E-state index in [0.717, 1.165) is 14.7 Å². The molecule has 0 unspecified atom stereocenters. The highest BCUT2D eigenvalue weighted by Gasteiger charge is 2.46. The highest BCUT2D eigenvalue weighted by atomic mass is 16.5. The molecular formula is C63H111N11O13. The zero-order valence-corrected chi connectivity index (χ0v) is 57.3. The second-order valence-corrected chi connectivity index (χ2v) is 26.4. The van der Waals surface area contributed by atoms with Crippen molar-refractivity contribution in [2.45, 2.75) is 222 Å². The van der Waals surface area contributed by atoms with E-state index in [4.69, 9.17) is 4.74 Å². The Morgan fingerprint density at radius 2 is 1.00 bits per heavy atom. The van der Waals surface area contributed by atoms with E-state index in [1.807, 2.05) is 41.5 Å². The molecule has 1 aliphatic heterocycles. The number of carbonyl (C=O) groups excluding carboxylic acids is 12. The SMILES string of the molecule is CC=CC[C@@H](C)C(=O)[C@H]1C(=O)N[C@@H](CC)C(=O)N(C)CC(=O)N(C)[C@@H](CC(C)(C)OC)C(=O)N[C@@H](C(C)C)C(=O)N(C)[C@@H](CC(C)C)C(=O)N[C@@H](C)C(=O)N[C@H](C)C(=O)N(C)[C@@H](CC(C)C)C(=O)N(C)[C@@H](CC(C)C)C(=O)N(C)[C@@H](C(C)C)C(=O)N1C. The summed E-state index contributed by atoms with van der Waals surface area (Å²) in [5.41, 5.74) is -1.02. The Balaban J connectivity index is 4.38. The zero-order chi connectivity index (χ0) is 67.6. The van der Waals surface area contributed by atoms with Crippen molar-refractivity contribution in [2.24, 2.45) is 35.5 Å². The molecule has 11 atom stereocenters. The standard InChI is InChI=1S/C63H111N11O13/c1-26-28-29-40(13)52(76)51-56(80)66-43(27-2)58(82)68(18)34-48(75)69(19)47(33-63(16,17)87-25)55(79)67-49(38(9)10)61(85)70(20)44(30-35(3)4)54(78)64-41(14)53(77)65-42(15)57(81)71(21)45(31-36(5)6)59(83)72(22)46(32-37(7)8)60(84)73(23)50(39(11)12)62(86)74(51)24/h26,28,35-47,49-51H,27,29-34H2,1-25H3,(H,64,78)(H,65,77)(H,66,80)(H,67,79)/t40-,41+,42-,43+,44+,45+,46+,47+,49+,50+,51+/m1/s1. The summed E-state index contributed by atoms with van der Waals surface area (Å²) < 4.78 is 5.70. The molecule has 1 aliphatic rings. The molecule has 4 N–H and O–H groups in total. The first-order valence-corrected chi connectivity index (χ1v) is 30.8. The number of amides is 11. The second-order valence-electron chi connectivity index (χ2n) is 26.4. The van der Waals surface area contributed by atoms with Crippen LogP contribution >= 0.6 is 0 Å². The first kappa shape index (κ1) is 78.6.